The van der Waals surface area contributed by atoms with Crippen molar-refractivity contribution in [2.75, 3.05) is 13.2 Å². The van der Waals surface area contributed by atoms with E-state index in [0.29, 0.717) is 25.8 Å². The molecule has 3 rings (SSSR count). The van der Waals surface area contributed by atoms with Gasteiger partial charge in [0.1, 0.15) is 0 Å². The zero-order valence-corrected chi connectivity index (χ0v) is 17.1. The maximum atomic E-state index is 12.6. The monoisotopic (exact) mass is 410 g/mol. The summed E-state index contributed by atoms with van der Waals surface area (Å²) < 4.78 is 33.8. The fourth-order valence-corrected chi connectivity index (χ4v) is 4.93. The van der Waals surface area contributed by atoms with Crippen molar-refractivity contribution in [1.29, 1.82) is 0 Å². The van der Waals surface area contributed by atoms with Crippen LogP contribution in [0.4, 0.5) is 0 Å². The van der Waals surface area contributed by atoms with Gasteiger partial charge >= 0.3 is 0 Å². The minimum atomic E-state index is -3.67. The van der Waals surface area contributed by atoms with Crippen LogP contribution in [0.3, 0.4) is 0 Å². The van der Waals surface area contributed by atoms with Crippen molar-refractivity contribution in [2.24, 2.45) is 5.92 Å². The molecule has 2 fully saturated rings. The van der Waals surface area contributed by atoms with Crippen LogP contribution in [0.2, 0.25) is 0 Å². The van der Waals surface area contributed by atoms with Gasteiger partial charge in [0.25, 0.3) is 0 Å². The highest BCUT2D eigenvalue weighted by molar-refractivity contribution is 7.89. The molecule has 3 N–H and O–H groups in total. The first-order valence-electron chi connectivity index (χ1n) is 10.0. The third-order valence-corrected chi connectivity index (χ3v) is 7.18. The summed E-state index contributed by atoms with van der Waals surface area (Å²) in [4.78, 5) is 12.1. The molecule has 156 valence electrons. The highest BCUT2D eigenvalue weighted by atomic mass is 32.2. The quantitative estimate of drug-likeness (QED) is 0.602. The molecule has 1 aliphatic heterocycles. The van der Waals surface area contributed by atoms with Crippen LogP contribution in [-0.4, -0.2) is 50.8 Å². The molecule has 1 heterocycles. The Morgan fingerprint density at radius 2 is 1.89 bits per heavy atom. The number of aryl methyl sites for hydroxylation is 1. The fourth-order valence-electron chi connectivity index (χ4n) is 3.63. The van der Waals surface area contributed by atoms with E-state index in [2.05, 4.69) is 10.0 Å². The van der Waals surface area contributed by atoms with Gasteiger partial charge in [0.2, 0.25) is 15.9 Å². The number of sulfonamides is 1. The Balaban J connectivity index is 1.49. The van der Waals surface area contributed by atoms with Crippen LogP contribution >= 0.6 is 0 Å². The Labute approximate surface area is 166 Å². The van der Waals surface area contributed by atoms with Gasteiger partial charge in [0.05, 0.1) is 29.8 Å². The second-order valence-electron chi connectivity index (χ2n) is 7.80. The zero-order valence-electron chi connectivity index (χ0n) is 16.3. The minimum absolute atomic E-state index is 0.0982. The minimum Gasteiger partial charge on any atom is -0.394 e. The van der Waals surface area contributed by atoms with E-state index in [1.807, 2.05) is 6.92 Å². The molecule has 1 aromatic rings. The molecule has 2 aliphatic rings. The van der Waals surface area contributed by atoms with Crippen LogP contribution in [0.15, 0.2) is 29.2 Å². The van der Waals surface area contributed by atoms with Crippen LogP contribution < -0.4 is 10.0 Å². The van der Waals surface area contributed by atoms with Crippen molar-refractivity contribution in [3.8, 4) is 0 Å². The molecule has 28 heavy (non-hydrogen) atoms. The van der Waals surface area contributed by atoms with Crippen molar-refractivity contribution in [3.05, 3.63) is 29.8 Å². The molecule has 0 spiro atoms. The van der Waals surface area contributed by atoms with Gasteiger partial charge < -0.3 is 15.2 Å². The molecule has 1 aliphatic carbocycles. The van der Waals surface area contributed by atoms with Crippen molar-refractivity contribution < 1.29 is 23.1 Å². The first-order valence-corrected chi connectivity index (χ1v) is 11.5. The molecule has 3 atom stereocenters. The number of benzene rings is 1. The summed E-state index contributed by atoms with van der Waals surface area (Å²) in [7, 11) is -3.67. The van der Waals surface area contributed by atoms with E-state index in [1.165, 1.54) is 0 Å². The Kier molecular flexibility index (Phi) is 7.09. The second-order valence-corrected chi connectivity index (χ2v) is 9.52. The lowest BCUT2D eigenvalue weighted by Gasteiger charge is -2.36. The highest BCUT2D eigenvalue weighted by Crippen LogP contribution is 2.26. The highest BCUT2D eigenvalue weighted by Gasteiger charge is 2.34. The second kappa shape index (κ2) is 9.35. The molecule has 1 saturated carbocycles. The smallest absolute Gasteiger partial charge is 0.240 e. The Bertz CT molecular complexity index is 761. The molecule has 0 unspecified atom stereocenters. The van der Waals surface area contributed by atoms with Gasteiger partial charge in [-0.25, -0.2) is 13.1 Å². The van der Waals surface area contributed by atoms with Crippen LogP contribution in [0.25, 0.3) is 0 Å². The molecular weight excluding hydrogens is 380 g/mol. The van der Waals surface area contributed by atoms with Crippen molar-refractivity contribution in [1.82, 2.24) is 10.0 Å². The number of carbonyl (C=O) groups excluding carboxylic acids is 1. The summed E-state index contributed by atoms with van der Waals surface area (Å²) >= 11 is 0. The number of aliphatic hydroxyl groups excluding tert-OH is 1. The standard InChI is InChI=1S/C20H30N2O5S/c1-14-5-8-17(9-6-14)28(25,26)22-18-10-7-16(27-19(18)13-23)11-12-21-20(24)15-3-2-4-15/h5-6,8-9,15-16,18-19,22-23H,2-4,7,10-13H2,1H3,(H,21,24)/t16-,18+,19+/m1/s1. The molecule has 1 amide bonds. The lowest BCUT2D eigenvalue weighted by atomic mass is 9.85. The van der Waals surface area contributed by atoms with E-state index in [-0.39, 0.29) is 29.4 Å². The predicted molar refractivity (Wildman–Crippen MR) is 105 cm³/mol. The third-order valence-electron chi connectivity index (χ3n) is 5.67. The summed E-state index contributed by atoms with van der Waals surface area (Å²) in [6.07, 6.45) is 4.30. The van der Waals surface area contributed by atoms with Gasteiger partial charge in [-0.3, -0.25) is 4.79 Å². The number of aliphatic hydroxyl groups is 1. The summed E-state index contributed by atoms with van der Waals surface area (Å²) in [6, 6.07) is 6.18. The Morgan fingerprint density at radius 1 is 1.18 bits per heavy atom. The molecular formula is C20H30N2O5S. The summed E-state index contributed by atoms with van der Waals surface area (Å²) in [5, 5.41) is 12.6. The van der Waals surface area contributed by atoms with Crippen LogP contribution in [-0.2, 0) is 19.6 Å². The van der Waals surface area contributed by atoms with Gasteiger partial charge in [0, 0.05) is 12.5 Å². The number of ether oxygens (including phenoxy) is 1. The molecule has 0 aromatic heterocycles. The van der Waals surface area contributed by atoms with E-state index >= 15 is 0 Å². The normalized spacial score (nSPS) is 25.9. The van der Waals surface area contributed by atoms with Gasteiger partial charge in [-0.05, 0) is 51.2 Å². The lowest BCUT2D eigenvalue weighted by Crippen LogP contribution is -2.51. The molecule has 8 heteroatoms. The van der Waals surface area contributed by atoms with Gasteiger partial charge in [0.15, 0.2) is 0 Å². The van der Waals surface area contributed by atoms with Gasteiger partial charge in [-0.2, -0.15) is 0 Å². The zero-order chi connectivity index (χ0) is 20.1. The number of amides is 1. The van der Waals surface area contributed by atoms with E-state index in [4.69, 9.17) is 4.74 Å². The van der Waals surface area contributed by atoms with E-state index < -0.39 is 22.2 Å². The summed E-state index contributed by atoms with van der Waals surface area (Å²) in [6.45, 7) is 2.18. The maximum Gasteiger partial charge on any atom is 0.240 e. The van der Waals surface area contributed by atoms with E-state index in [9.17, 15) is 18.3 Å². The molecule has 0 radical (unpaired) electrons. The first-order chi connectivity index (χ1) is 13.4. The molecule has 7 nitrogen and oxygen atoms in total. The number of hydrogen-bond acceptors (Lipinski definition) is 5. The van der Waals surface area contributed by atoms with Crippen LogP contribution in [0.1, 0.15) is 44.1 Å². The number of rotatable bonds is 8. The maximum absolute atomic E-state index is 12.6. The van der Waals surface area contributed by atoms with Crippen LogP contribution in [0.5, 0.6) is 0 Å². The average molecular weight is 411 g/mol. The third kappa shape index (κ3) is 5.31. The SMILES string of the molecule is Cc1ccc(S(=O)(=O)N[C@H]2CC[C@H](CCNC(=O)C3CCC3)O[C@H]2CO)cc1. The van der Waals surface area contributed by atoms with Crippen LogP contribution in [0, 0.1) is 12.8 Å². The van der Waals surface area contributed by atoms with E-state index in [1.54, 1.807) is 24.3 Å². The van der Waals surface area contributed by atoms with Crippen molar-refractivity contribution in [3.63, 3.8) is 0 Å². The summed E-state index contributed by atoms with van der Waals surface area (Å²) in [5.74, 6) is 0.280. The predicted octanol–water partition coefficient (Wildman–Crippen LogP) is 1.49. The molecule has 1 aromatic carbocycles. The van der Waals surface area contributed by atoms with E-state index in [0.717, 1.165) is 24.8 Å². The lowest BCUT2D eigenvalue weighted by molar-refractivity contribution is -0.127. The number of hydrogen-bond donors (Lipinski definition) is 3. The Morgan fingerprint density at radius 3 is 2.50 bits per heavy atom. The van der Waals surface area contributed by atoms with Gasteiger partial charge in [-0.1, -0.05) is 24.1 Å². The molecule has 0 bridgehead atoms. The summed E-state index contributed by atoms with van der Waals surface area (Å²) in [5.41, 5.74) is 0.987. The number of carbonyl (C=O) groups is 1. The van der Waals surface area contributed by atoms with Crippen molar-refractivity contribution in [2.45, 2.75) is 68.6 Å². The van der Waals surface area contributed by atoms with Crippen molar-refractivity contribution >= 4 is 15.9 Å². The number of nitrogens with one attached hydrogen (secondary N) is 2. The Hall–Kier alpha value is -1.48. The molecule has 1 saturated heterocycles. The first kappa shape index (κ1) is 21.2. The largest absolute Gasteiger partial charge is 0.394 e. The fraction of sp³-hybridized carbons (Fsp3) is 0.650. The van der Waals surface area contributed by atoms with Gasteiger partial charge in [-0.15, -0.1) is 0 Å². The topological polar surface area (TPSA) is 105 Å². The average Bonchev–Trinajstić information content (AvgIpc) is 2.61.